The van der Waals surface area contributed by atoms with Crippen LogP contribution in [0.5, 0.6) is 0 Å². The van der Waals surface area contributed by atoms with Crippen molar-refractivity contribution in [3.63, 3.8) is 0 Å². The quantitative estimate of drug-likeness (QED) is 0.793. The number of hydrogen-bond acceptors (Lipinski definition) is 4. The smallest absolute Gasteiger partial charge is 0.198 e. The highest BCUT2D eigenvalue weighted by Gasteiger charge is 2.23. The molecule has 96 valence electrons. The first-order chi connectivity index (χ1) is 8.30. The van der Waals surface area contributed by atoms with E-state index in [1.807, 2.05) is 13.0 Å². The van der Waals surface area contributed by atoms with Crippen LogP contribution in [0.15, 0.2) is 16.7 Å². The molecule has 2 aromatic heterocycles. The summed E-state index contributed by atoms with van der Waals surface area (Å²) in [5, 5.41) is 0. The number of rotatable bonds is 1. The zero-order valence-corrected chi connectivity index (χ0v) is 13.1. The van der Waals surface area contributed by atoms with E-state index in [1.54, 1.807) is 6.26 Å². The molecule has 2 heterocycles. The molecule has 0 saturated carbocycles. The molecule has 0 aromatic carbocycles. The van der Waals surface area contributed by atoms with Gasteiger partial charge >= 0.3 is 0 Å². The van der Waals surface area contributed by atoms with Crippen molar-refractivity contribution in [2.24, 2.45) is 0 Å². The lowest BCUT2D eigenvalue weighted by molar-refractivity contribution is 0.554. The Hall–Kier alpha value is -1.11. The summed E-state index contributed by atoms with van der Waals surface area (Å²) in [4.78, 5) is 8.93. The van der Waals surface area contributed by atoms with Crippen LogP contribution < -0.4 is 5.73 Å². The molecule has 4 nitrogen and oxygen atoms in total. The molecule has 0 saturated heterocycles. The maximum atomic E-state index is 5.97. The number of nitrogen functional groups attached to an aromatic ring is 1. The third-order valence-corrected chi connectivity index (χ3v) is 3.72. The SMILES string of the molecule is Cc1ccoc1-c1nc(N)c(I)c(C(C)(C)C)n1. The molecule has 0 unspecified atom stereocenters. The topological polar surface area (TPSA) is 64.9 Å². The van der Waals surface area contributed by atoms with Gasteiger partial charge in [-0.3, -0.25) is 0 Å². The van der Waals surface area contributed by atoms with E-state index in [9.17, 15) is 0 Å². The average molecular weight is 357 g/mol. The van der Waals surface area contributed by atoms with Crippen LogP contribution in [0.25, 0.3) is 11.6 Å². The van der Waals surface area contributed by atoms with Gasteiger partial charge in [0.1, 0.15) is 5.82 Å². The van der Waals surface area contributed by atoms with Crippen molar-refractivity contribution in [3.8, 4) is 11.6 Å². The third-order valence-electron chi connectivity index (χ3n) is 2.65. The number of hydrogen-bond donors (Lipinski definition) is 1. The number of furan rings is 1. The fourth-order valence-corrected chi connectivity index (χ4v) is 2.72. The molecule has 2 N–H and O–H groups in total. The monoisotopic (exact) mass is 357 g/mol. The Bertz CT molecular complexity index is 584. The molecule has 0 radical (unpaired) electrons. The maximum Gasteiger partial charge on any atom is 0.198 e. The molecule has 0 amide bonds. The second-order valence-corrected chi connectivity index (χ2v) is 6.36. The van der Waals surface area contributed by atoms with Gasteiger partial charge in [-0.25, -0.2) is 9.97 Å². The van der Waals surface area contributed by atoms with Crippen LogP contribution in [0.2, 0.25) is 0 Å². The fourth-order valence-electron chi connectivity index (χ4n) is 1.66. The minimum atomic E-state index is -0.0805. The molecule has 0 aliphatic heterocycles. The highest BCUT2D eigenvalue weighted by molar-refractivity contribution is 14.1. The Morgan fingerprint density at radius 3 is 2.44 bits per heavy atom. The summed E-state index contributed by atoms with van der Waals surface area (Å²) in [5.41, 5.74) is 7.85. The predicted molar refractivity (Wildman–Crippen MR) is 80.3 cm³/mol. The largest absolute Gasteiger partial charge is 0.461 e. The molecular formula is C13H16IN3O. The van der Waals surface area contributed by atoms with Gasteiger partial charge in [-0.2, -0.15) is 0 Å². The molecular weight excluding hydrogens is 341 g/mol. The molecule has 0 spiro atoms. The Labute approximate surface area is 120 Å². The van der Waals surface area contributed by atoms with E-state index in [4.69, 9.17) is 10.2 Å². The minimum Gasteiger partial charge on any atom is -0.461 e. The molecule has 5 heteroatoms. The lowest BCUT2D eigenvalue weighted by Gasteiger charge is -2.20. The Balaban J connectivity index is 2.66. The third kappa shape index (κ3) is 2.36. The predicted octanol–water partition coefficient (Wildman–Crippen LogP) is 3.53. The van der Waals surface area contributed by atoms with Gasteiger partial charge in [0.25, 0.3) is 0 Å². The summed E-state index contributed by atoms with van der Waals surface area (Å²) in [7, 11) is 0. The van der Waals surface area contributed by atoms with Crippen molar-refractivity contribution in [1.29, 1.82) is 0 Å². The summed E-state index contributed by atoms with van der Waals surface area (Å²) in [6.45, 7) is 8.29. The molecule has 0 bridgehead atoms. The van der Waals surface area contributed by atoms with E-state index in [-0.39, 0.29) is 5.41 Å². The maximum absolute atomic E-state index is 5.97. The first kappa shape index (κ1) is 13.3. The first-order valence-electron chi connectivity index (χ1n) is 5.68. The number of nitrogens with two attached hydrogens (primary N) is 1. The number of aromatic nitrogens is 2. The molecule has 2 rings (SSSR count). The van der Waals surface area contributed by atoms with E-state index in [1.165, 1.54) is 0 Å². The van der Waals surface area contributed by atoms with Crippen molar-refractivity contribution >= 4 is 28.4 Å². The minimum absolute atomic E-state index is 0.0805. The van der Waals surface area contributed by atoms with Gasteiger partial charge in [0.05, 0.1) is 15.5 Å². The van der Waals surface area contributed by atoms with Crippen molar-refractivity contribution in [2.45, 2.75) is 33.1 Å². The summed E-state index contributed by atoms with van der Waals surface area (Å²) < 4.78 is 6.34. The van der Waals surface area contributed by atoms with Crippen molar-refractivity contribution in [2.75, 3.05) is 5.73 Å². The van der Waals surface area contributed by atoms with Crippen LogP contribution in [-0.2, 0) is 5.41 Å². The molecule has 0 atom stereocenters. The van der Waals surface area contributed by atoms with Gasteiger partial charge in [0, 0.05) is 5.41 Å². The van der Waals surface area contributed by atoms with Gasteiger partial charge in [-0.1, -0.05) is 20.8 Å². The summed E-state index contributed by atoms with van der Waals surface area (Å²) in [6, 6.07) is 1.89. The molecule has 18 heavy (non-hydrogen) atoms. The van der Waals surface area contributed by atoms with Gasteiger partial charge in [-0.15, -0.1) is 0 Å². The normalized spacial score (nSPS) is 11.8. The summed E-state index contributed by atoms with van der Waals surface area (Å²) in [6.07, 6.45) is 1.64. The van der Waals surface area contributed by atoms with Crippen molar-refractivity contribution < 1.29 is 4.42 Å². The van der Waals surface area contributed by atoms with E-state index >= 15 is 0 Å². The van der Waals surface area contributed by atoms with Gasteiger partial charge in [-0.05, 0) is 41.1 Å². The van der Waals surface area contributed by atoms with Gasteiger partial charge in [0.15, 0.2) is 11.6 Å². The average Bonchev–Trinajstić information content (AvgIpc) is 2.66. The Morgan fingerprint density at radius 1 is 1.28 bits per heavy atom. The fraction of sp³-hybridized carbons (Fsp3) is 0.385. The molecule has 0 aliphatic carbocycles. The van der Waals surface area contributed by atoms with E-state index < -0.39 is 0 Å². The van der Waals surface area contributed by atoms with E-state index in [0.29, 0.717) is 17.4 Å². The number of nitrogens with zero attached hydrogens (tertiary/aromatic N) is 2. The second kappa shape index (κ2) is 4.53. The Kier molecular flexibility index (Phi) is 3.35. The lowest BCUT2D eigenvalue weighted by Crippen LogP contribution is -2.18. The highest BCUT2D eigenvalue weighted by atomic mass is 127. The molecule has 0 fully saturated rings. The summed E-state index contributed by atoms with van der Waals surface area (Å²) in [5.74, 6) is 1.74. The van der Waals surface area contributed by atoms with Crippen LogP contribution in [0, 0.1) is 10.5 Å². The lowest BCUT2D eigenvalue weighted by atomic mass is 9.92. The first-order valence-corrected chi connectivity index (χ1v) is 6.76. The standard InChI is InChI=1S/C13H16IN3O/c1-7-5-6-18-9(7)12-16-10(13(2,3)4)8(14)11(15)17-12/h5-6H,1-4H3,(H2,15,16,17). The van der Waals surface area contributed by atoms with Gasteiger partial charge in [0.2, 0.25) is 0 Å². The van der Waals surface area contributed by atoms with E-state index in [0.717, 1.165) is 14.8 Å². The second-order valence-electron chi connectivity index (χ2n) is 5.28. The van der Waals surface area contributed by atoms with Crippen LogP contribution in [0.4, 0.5) is 5.82 Å². The number of anilines is 1. The van der Waals surface area contributed by atoms with Crippen LogP contribution in [0.3, 0.4) is 0 Å². The molecule has 0 aliphatic rings. The van der Waals surface area contributed by atoms with E-state index in [2.05, 4.69) is 53.3 Å². The van der Waals surface area contributed by atoms with Crippen LogP contribution in [0.1, 0.15) is 32.0 Å². The number of halogens is 1. The van der Waals surface area contributed by atoms with Crippen LogP contribution >= 0.6 is 22.6 Å². The van der Waals surface area contributed by atoms with Crippen molar-refractivity contribution in [1.82, 2.24) is 9.97 Å². The van der Waals surface area contributed by atoms with Gasteiger partial charge < -0.3 is 10.2 Å². The highest BCUT2D eigenvalue weighted by Crippen LogP contribution is 2.31. The zero-order valence-electron chi connectivity index (χ0n) is 10.9. The van der Waals surface area contributed by atoms with Crippen LogP contribution in [-0.4, -0.2) is 9.97 Å². The van der Waals surface area contributed by atoms with Crippen molar-refractivity contribution in [3.05, 3.63) is 27.2 Å². The number of aryl methyl sites for hydroxylation is 1. The summed E-state index contributed by atoms with van der Waals surface area (Å²) >= 11 is 2.19. The Morgan fingerprint density at radius 2 is 1.94 bits per heavy atom. The molecule has 2 aromatic rings. The zero-order chi connectivity index (χ0) is 13.5.